The Labute approximate surface area is 138 Å². The number of ether oxygens (including phenoxy) is 1. The molecular formula is C17H16ClFN2O2. The van der Waals surface area contributed by atoms with E-state index in [4.69, 9.17) is 16.3 Å². The van der Waals surface area contributed by atoms with Crippen LogP contribution in [0.15, 0.2) is 36.5 Å². The van der Waals surface area contributed by atoms with E-state index < -0.39 is 5.82 Å². The van der Waals surface area contributed by atoms with Crippen LogP contribution in [0.4, 0.5) is 4.39 Å². The van der Waals surface area contributed by atoms with Crippen molar-refractivity contribution in [2.45, 2.75) is 25.4 Å². The molecule has 1 aromatic heterocycles. The molecule has 0 saturated heterocycles. The van der Waals surface area contributed by atoms with E-state index >= 15 is 0 Å². The molecule has 1 fully saturated rings. The molecule has 1 aromatic carbocycles. The van der Waals surface area contributed by atoms with E-state index in [2.05, 4.69) is 4.98 Å². The average molecular weight is 335 g/mol. The van der Waals surface area contributed by atoms with Crippen LogP contribution in [0.3, 0.4) is 0 Å². The summed E-state index contributed by atoms with van der Waals surface area (Å²) in [6.45, 7) is 0.154. The van der Waals surface area contributed by atoms with Gasteiger partial charge in [-0.3, -0.25) is 4.79 Å². The van der Waals surface area contributed by atoms with Crippen molar-refractivity contribution in [2.24, 2.45) is 0 Å². The third kappa shape index (κ3) is 3.45. The molecule has 23 heavy (non-hydrogen) atoms. The van der Waals surface area contributed by atoms with Gasteiger partial charge < -0.3 is 9.64 Å². The Morgan fingerprint density at radius 2 is 2.17 bits per heavy atom. The first-order chi connectivity index (χ1) is 11.1. The first kappa shape index (κ1) is 15.7. The predicted octanol–water partition coefficient (Wildman–Crippen LogP) is 3.69. The molecule has 0 aliphatic heterocycles. The zero-order valence-electron chi connectivity index (χ0n) is 12.6. The standard InChI is InChI=1S/C17H16ClFN2O2/c1-23-16-8-5-11(9-20-16)17(22)21(12-6-7-12)10-13-14(18)3-2-4-15(13)19/h2-5,8-9,12H,6-7,10H2,1H3. The van der Waals surface area contributed by atoms with E-state index in [9.17, 15) is 9.18 Å². The molecule has 0 unspecified atom stereocenters. The number of carbonyl (C=O) groups excluding carboxylic acids is 1. The third-order valence-corrected chi connectivity index (χ3v) is 4.19. The van der Waals surface area contributed by atoms with Crippen molar-refractivity contribution in [3.05, 3.63) is 58.5 Å². The van der Waals surface area contributed by atoms with E-state index in [1.165, 1.54) is 19.4 Å². The van der Waals surface area contributed by atoms with E-state index in [0.717, 1.165) is 12.8 Å². The van der Waals surface area contributed by atoms with Gasteiger partial charge in [-0.1, -0.05) is 17.7 Å². The minimum absolute atomic E-state index is 0.125. The number of aromatic nitrogens is 1. The number of hydrogen-bond acceptors (Lipinski definition) is 3. The van der Waals surface area contributed by atoms with Gasteiger partial charge in [0.15, 0.2) is 0 Å². The van der Waals surface area contributed by atoms with E-state index in [0.29, 0.717) is 22.0 Å². The molecule has 3 rings (SSSR count). The van der Waals surface area contributed by atoms with Gasteiger partial charge in [0.1, 0.15) is 5.82 Å². The van der Waals surface area contributed by atoms with Gasteiger partial charge >= 0.3 is 0 Å². The minimum atomic E-state index is -0.399. The summed E-state index contributed by atoms with van der Waals surface area (Å²) >= 11 is 6.08. The summed E-state index contributed by atoms with van der Waals surface area (Å²) < 4.78 is 19.0. The van der Waals surface area contributed by atoms with E-state index in [1.54, 1.807) is 29.2 Å². The number of amides is 1. The highest BCUT2D eigenvalue weighted by molar-refractivity contribution is 6.31. The lowest BCUT2D eigenvalue weighted by molar-refractivity contribution is 0.0728. The zero-order chi connectivity index (χ0) is 16.4. The number of halogens is 2. The highest BCUT2D eigenvalue weighted by Gasteiger charge is 2.34. The molecule has 1 aliphatic carbocycles. The Hall–Kier alpha value is -2.14. The molecule has 0 radical (unpaired) electrons. The van der Waals surface area contributed by atoms with Crippen LogP contribution in [-0.4, -0.2) is 28.9 Å². The van der Waals surface area contributed by atoms with Crippen LogP contribution in [0.25, 0.3) is 0 Å². The second-order valence-electron chi connectivity index (χ2n) is 5.45. The monoisotopic (exact) mass is 334 g/mol. The molecule has 4 nitrogen and oxygen atoms in total. The molecule has 0 N–H and O–H groups in total. The van der Waals surface area contributed by atoms with Gasteiger partial charge in [0, 0.05) is 28.9 Å². The number of hydrogen-bond donors (Lipinski definition) is 0. The van der Waals surface area contributed by atoms with E-state index in [-0.39, 0.29) is 18.5 Å². The Morgan fingerprint density at radius 3 is 2.74 bits per heavy atom. The van der Waals surface area contributed by atoms with Crippen LogP contribution < -0.4 is 4.74 Å². The van der Waals surface area contributed by atoms with Crippen LogP contribution in [0.5, 0.6) is 5.88 Å². The molecular weight excluding hydrogens is 319 g/mol. The lowest BCUT2D eigenvalue weighted by Crippen LogP contribution is -2.33. The fraction of sp³-hybridized carbons (Fsp3) is 0.294. The average Bonchev–Trinajstić information content (AvgIpc) is 3.39. The summed E-state index contributed by atoms with van der Waals surface area (Å²) in [6, 6.07) is 7.95. The number of methoxy groups -OCH3 is 1. The van der Waals surface area contributed by atoms with Crippen LogP contribution in [0.1, 0.15) is 28.8 Å². The Kier molecular flexibility index (Phi) is 4.48. The van der Waals surface area contributed by atoms with E-state index in [1.807, 2.05) is 0 Å². The molecule has 0 bridgehead atoms. The third-order valence-electron chi connectivity index (χ3n) is 3.83. The van der Waals surface area contributed by atoms with Crippen molar-refractivity contribution in [3.63, 3.8) is 0 Å². The molecule has 2 aromatic rings. The van der Waals surface area contributed by atoms with Crippen LogP contribution >= 0.6 is 11.6 Å². The molecule has 1 heterocycles. The molecule has 0 atom stereocenters. The zero-order valence-corrected chi connectivity index (χ0v) is 13.4. The summed E-state index contributed by atoms with van der Waals surface area (Å²) in [5.74, 6) is -0.137. The Balaban J connectivity index is 1.85. The summed E-state index contributed by atoms with van der Waals surface area (Å²) in [6.07, 6.45) is 3.31. The maximum atomic E-state index is 14.0. The number of benzene rings is 1. The summed E-state index contributed by atoms with van der Waals surface area (Å²) in [5.41, 5.74) is 0.793. The second-order valence-corrected chi connectivity index (χ2v) is 5.86. The van der Waals surface area contributed by atoms with Gasteiger partial charge in [0.2, 0.25) is 5.88 Å². The molecule has 0 spiro atoms. The van der Waals surface area contributed by atoms with Crippen LogP contribution in [0, 0.1) is 5.82 Å². The smallest absolute Gasteiger partial charge is 0.255 e. The fourth-order valence-corrected chi connectivity index (χ4v) is 2.62. The quantitative estimate of drug-likeness (QED) is 0.837. The number of rotatable bonds is 5. The normalized spacial score (nSPS) is 13.7. The molecule has 1 aliphatic rings. The van der Waals surface area contributed by atoms with Gasteiger partial charge in [-0.25, -0.2) is 9.37 Å². The largest absolute Gasteiger partial charge is 0.481 e. The topological polar surface area (TPSA) is 42.4 Å². The number of pyridine rings is 1. The van der Waals surface area contributed by atoms with Crippen molar-refractivity contribution in [1.82, 2.24) is 9.88 Å². The molecule has 120 valence electrons. The summed E-state index contributed by atoms with van der Waals surface area (Å²) in [4.78, 5) is 18.4. The molecule has 1 saturated carbocycles. The van der Waals surface area contributed by atoms with Crippen LogP contribution in [-0.2, 0) is 6.54 Å². The maximum Gasteiger partial charge on any atom is 0.255 e. The lowest BCUT2D eigenvalue weighted by atomic mass is 10.1. The first-order valence-corrected chi connectivity index (χ1v) is 7.72. The molecule has 1 amide bonds. The molecule has 6 heteroatoms. The van der Waals surface area contributed by atoms with Gasteiger partial charge in [-0.2, -0.15) is 0 Å². The Morgan fingerprint density at radius 1 is 1.39 bits per heavy atom. The summed E-state index contributed by atoms with van der Waals surface area (Å²) in [5, 5.41) is 0.330. The van der Waals surface area contributed by atoms with Gasteiger partial charge in [-0.05, 0) is 31.0 Å². The van der Waals surface area contributed by atoms with Gasteiger partial charge in [0.05, 0.1) is 19.2 Å². The number of nitrogens with zero attached hydrogens (tertiary/aromatic N) is 2. The van der Waals surface area contributed by atoms with Crippen molar-refractivity contribution >= 4 is 17.5 Å². The predicted molar refractivity (Wildman–Crippen MR) is 85.1 cm³/mol. The highest BCUT2D eigenvalue weighted by Crippen LogP contribution is 2.32. The van der Waals surface area contributed by atoms with Gasteiger partial charge in [0.25, 0.3) is 5.91 Å². The fourth-order valence-electron chi connectivity index (χ4n) is 2.40. The van der Waals surface area contributed by atoms with Crippen molar-refractivity contribution in [2.75, 3.05) is 7.11 Å². The van der Waals surface area contributed by atoms with Crippen molar-refractivity contribution in [1.29, 1.82) is 0 Å². The van der Waals surface area contributed by atoms with Crippen molar-refractivity contribution in [3.8, 4) is 5.88 Å². The minimum Gasteiger partial charge on any atom is -0.481 e. The second kappa shape index (κ2) is 6.54. The van der Waals surface area contributed by atoms with Crippen LogP contribution in [0.2, 0.25) is 5.02 Å². The SMILES string of the molecule is COc1ccc(C(=O)N(Cc2c(F)cccc2Cl)C2CC2)cn1. The lowest BCUT2D eigenvalue weighted by Gasteiger charge is -2.23. The first-order valence-electron chi connectivity index (χ1n) is 7.34. The Bertz CT molecular complexity index is 697. The van der Waals surface area contributed by atoms with Gasteiger partial charge in [-0.15, -0.1) is 0 Å². The highest BCUT2D eigenvalue weighted by atomic mass is 35.5. The van der Waals surface area contributed by atoms with Crippen molar-refractivity contribution < 1.29 is 13.9 Å². The summed E-state index contributed by atoms with van der Waals surface area (Å²) in [7, 11) is 1.51. The maximum absolute atomic E-state index is 14.0. The number of carbonyl (C=O) groups is 1.